The fraction of sp³-hybridized carbons (Fsp3) is 0.262. The highest BCUT2D eigenvalue weighted by Crippen LogP contribution is 2.54. The third-order valence-electron chi connectivity index (χ3n) is 8.56. The van der Waals surface area contributed by atoms with E-state index in [0.29, 0.717) is 0 Å². The number of phosphoric ester groups is 1. The van der Waals surface area contributed by atoms with E-state index in [2.05, 4.69) is 38.2 Å². The van der Waals surface area contributed by atoms with Crippen molar-refractivity contribution in [1.82, 2.24) is 0 Å². The second-order valence-electron chi connectivity index (χ2n) is 13.1. The molecule has 0 radical (unpaired) electrons. The summed E-state index contributed by atoms with van der Waals surface area (Å²) in [5, 5.41) is 25.2. The SMILES string of the molecule is CC(C)=CCCC(C)=CCCC(C)=CCN1C(=O)c2cccc(O)c2Nc2c(O)cc(OP(=O)(OCc3ccccc3)OCc3ccccc3)cc21. The van der Waals surface area contributed by atoms with Gasteiger partial charge < -0.3 is 25.0 Å². The van der Waals surface area contributed by atoms with Crippen LogP contribution in [0.25, 0.3) is 0 Å². The molecule has 0 saturated heterocycles. The molecule has 3 N–H and O–H groups in total. The van der Waals surface area contributed by atoms with Crippen LogP contribution >= 0.6 is 7.82 Å². The topological polar surface area (TPSA) is 118 Å². The maximum Gasteiger partial charge on any atom is 0.530 e. The van der Waals surface area contributed by atoms with Gasteiger partial charge in [-0.2, -0.15) is 0 Å². The molecule has 0 aromatic heterocycles. The Bertz CT molecular complexity index is 1940. The second kappa shape index (κ2) is 17.9. The molecule has 0 fully saturated rings. The van der Waals surface area contributed by atoms with Crippen molar-refractivity contribution in [1.29, 1.82) is 0 Å². The van der Waals surface area contributed by atoms with Gasteiger partial charge in [0.1, 0.15) is 22.9 Å². The third-order valence-corrected chi connectivity index (χ3v) is 9.88. The number of amides is 1. The van der Waals surface area contributed by atoms with E-state index in [0.717, 1.165) is 42.4 Å². The van der Waals surface area contributed by atoms with Gasteiger partial charge in [-0.1, -0.05) is 102 Å². The molecule has 272 valence electrons. The number of phosphoric acid groups is 1. The van der Waals surface area contributed by atoms with Gasteiger partial charge in [0.15, 0.2) is 0 Å². The summed E-state index contributed by atoms with van der Waals surface area (Å²) in [5.41, 5.74) is 6.08. The average Bonchev–Trinajstić information content (AvgIpc) is 3.24. The van der Waals surface area contributed by atoms with E-state index in [9.17, 15) is 19.6 Å². The van der Waals surface area contributed by atoms with E-state index >= 15 is 0 Å². The van der Waals surface area contributed by atoms with Gasteiger partial charge >= 0.3 is 7.82 Å². The second-order valence-corrected chi connectivity index (χ2v) is 14.7. The molecule has 0 atom stereocenters. The fourth-order valence-electron chi connectivity index (χ4n) is 5.65. The number of hydrogen-bond acceptors (Lipinski definition) is 8. The van der Waals surface area contributed by atoms with Crippen LogP contribution in [0.4, 0.5) is 17.1 Å². The molecule has 1 aliphatic heterocycles. The summed E-state index contributed by atoms with van der Waals surface area (Å²) in [5.74, 6) is -0.889. The largest absolute Gasteiger partial charge is 0.530 e. The first-order valence-electron chi connectivity index (χ1n) is 17.4. The zero-order valence-corrected chi connectivity index (χ0v) is 31.1. The van der Waals surface area contributed by atoms with Crippen molar-refractivity contribution in [2.24, 2.45) is 0 Å². The van der Waals surface area contributed by atoms with Crippen molar-refractivity contribution in [3.8, 4) is 17.2 Å². The summed E-state index contributed by atoms with van der Waals surface area (Å²) < 4.78 is 31.8. The number of phenolic OH excluding ortho intramolecular Hbond substituents is 2. The van der Waals surface area contributed by atoms with E-state index < -0.39 is 13.7 Å². The van der Waals surface area contributed by atoms with Gasteiger partial charge in [-0.15, -0.1) is 0 Å². The lowest BCUT2D eigenvalue weighted by Crippen LogP contribution is -2.30. The molecule has 0 spiro atoms. The standard InChI is InChI=1S/C42H47N2O7P/c1-30(2)14-11-15-31(3)16-12-17-32(4)24-25-44-37-26-35(27-39(46)41(37)43-40-36(42(44)47)22-13-23-38(40)45)51-52(48,49-28-33-18-7-5-8-19-33)50-29-34-20-9-6-10-21-34/h5-10,13-14,16,18-24,26-27,43,45-46H,11-12,15,17,25,28-29H2,1-4H3. The summed E-state index contributed by atoms with van der Waals surface area (Å²) in [6, 6.07) is 25.9. The summed E-state index contributed by atoms with van der Waals surface area (Å²) in [6.07, 6.45) is 10.2. The van der Waals surface area contributed by atoms with Gasteiger partial charge in [-0.05, 0) is 76.6 Å². The number of phenols is 2. The highest BCUT2D eigenvalue weighted by atomic mass is 31.2. The number of benzene rings is 4. The lowest BCUT2D eigenvalue weighted by atomic mass is 10.1. The quantitative estimate of drug-likeness (QED) is 0.0594. The molecule has 9 nitrogen and oxygen atoms in total. The van der Waals surface area contributed by atoms with E-state index in [1.54, 1.807) is 12.1 Å². The van der Waals surface area contributed by atoms with Crippen LogP contribution in [0.2, 0.25) is 0 Å². The summed E-state index contributed by atoms with van der Waals surface area (Å²) >= 11 is 0. The van der Waals surface area contributed by atoms with Crippen molar-refractivity contribution in [2.45, 2.75) is 66.6 Å². The number of anilines is 3. The number of carbonyl (C=O) groups is 1. The monoisotopic (exact) mass is 722 g/mol. The normalized spacial score (nSPS) is 13.2. The van der Waals surface area contributed by atoms with E-state index in [1.807, 2.05) is 73.7 Å². The van der Waals surface area contributed by atoms with Crippen molar-refractivity contribution in [2.75, 3.05) is 16.8 Å². The van der Waals surface area contributed by atoms with Crippen molar-refractivity contribution >= 4 is 30.8 Å². The number of nitrogens with one attached hydrogen (secondary N) is 1. The fourth-order valence-corrected chi connectivity index (χ4v) is 6.81. The van der Waals surface area contributed by atoms with Gasteiger partial charge in [0.2, 0.25) is 0 Å². The molecule has 10 heteroatoms. The Labute approximate surface area is 306 Å². The van der Waals surface area contributed by atoms with Crippen LogP contribution in [0.15, 0.2) is 126 Å². The molecule has 1 aliphatic rings. The van der Waals surface area contributed by atoms with Crippen molar-refractivity contribution in [3.63, 3.8) is 0 Å². The highest BCUT2D eigenvalue weighted by Gasteiger charge is 2.33. The summed E-state index contributed by atoms with van der Waals surface area (Å²) in [6.45, 7) is 8.43. The number of carbonyl (C=O) groups excluding carboxylic acids is 1. The molecule has 0 bridgehead atoms. The summed E-state index contributed by atoms with van der Waals surface area (Å²) in [7, 11) is -4.30. The van der Waals surface area contributed by atoms with E-state index in [4.69, 9.17) is 13.6 Å². The molecular weight excluding hydrogens is 675 g/mol. The Morgan fingerprint density at radius 2 is 1.33 bits per heavy atom. The first-order valence-corrected chi connectivity index (χ1v) is 18.9. The van der Waals surface area contributed by atoms with Gasteiger partial charge in [0.05, 0.1) is 30.2 Å². The minimum atomic E-state index is -4.30. The van der Waals surface area contributed by atoms with Gasteiger partial charge in [-0.3, -0.25) is 13.8 Å². The number of allylic oxidation sites excluding steroid dienone is 5. The van der Waals surface area contributed by atoms with Crippen LogP contribution in [0.3, 0.4) is 0 Å². The molecule has 4 aromatic carbocycles. The predicted molar refractivity (Wildman–Crippen MR) is 207 cm³/mol. The molecule has 0 aliphatic carbocycles. The lowest BCUT2D eigenvalue weighted by molar-refractivity contribution is 0.0990. The minimum Gasteiger partial charge on any atom is -0.506 e. The lowest BCUT2D eigenvalue weighted by Gasteiger charge is -2.24. The van der Waals surface area contributed by atoms with Crippen LogP contribution in [0.1, 0.15) is 74.9 Å². The van der Waals surface area contributed by atoms with Crippen molar-refractivity contribution < 1.29 is 33.1 Å². The minimum absolute atomic E-state index is 0.0371. The maximum atomic E-state index is 14.2. The Morgan fingerprint density at radius 1 is 0.731 bits per heavy atom. The van der Waals surface area contributed by atoms with Crippen LogP contribution < -0.4 is 14.7 Å². The first kappa shape index (κ1) is 38.2. The van der Waals surface area contributed by atoms with Gasteiger partial charge in [0, 0.05) is 18.7 Å². The number of para-hydroxylation sites is 1. The van der Waals surface area contributed by atoms with Crippen LogP contribution in [-0.4, -0.2) is 22.7 Å². The molecule has 0 saturated carbocycles. The first-order chi connectivity index (χ1) is 25.0. The smallest absolute Gasteiger partial charge is 0.506 e. The molecule has 1 amide bonds. The average molecular weight is 723 g/mol. The van der Waals surface area contributed by atoms with Crippen LogP contribution in [0, 0.1) is 0 Å². The molecular formula is C42H47N2O7P. The predicted octanol–water partition coefficient (Wildman–Crippen LogP) is 11.1. The molecule has 4 aromatic rings. The Kier molecular flexibility index (Phi) is 13.1. The molecule has 52 heavy (non-hydrogen) atoms. The Hall–Kier alpha value is -5.08. The number of nitrogens with zero attached hydrogens (tertiary/aromatic N) is 1. The Morgan fingerprint density at radius 3 is 1.94 bits per heavy atom. The molecule has 5 rings (SSSR count). The van der Waals surface area contributed by atoms with Crippen LogP contribution in [-0.2, 0) is 26.8 Å². The number of rotatable bonds is 16. The maximum absolute atomic E-state index is 14.2. The third kappa shape index (κ3) is 10.5. The number of fused-ring (bicyclic) bond motifs is 2. The summed E-state index contributed by atoms with van der Waals surface area (Å²) in [4.78, 5) is 15.6. The Balaban J connectivity index is 1.43. The van der Waals surface area contributed by atoms with Gasteiger partial charge in [0.25, 0.3) is 5.91 Å². The van der Waals surface area contributed by atoms with Crippen LogP contribution in [0.5, 0.6) is 17.2 Å². The number of hydrogen-bond donors (Lipinski definition) is 3. The van der Waals surface area contributed by atoms with Gasteiger partial charge in [-0.25, -0.2) is 4.57 Å². The molecule has 1 heterocycles. The van der Waals surface area contributed by atoms with E-state index in [-0.39, 0.29) is 59.6 Å². The van der Waals surface area contributed by atoms with Crippen molar-refractivity contribution in [3.05, 3.63) is 143 Å². The zero-order chi connectivity index (χ0) is 37.1. The highest BCUT2D eigenvalue weighted by molar-refractivity contribution is 7.48. The number of aromatic hydroxyl groups is 2. The molecule has 0 unspecified atom stereocenters. The van der Waals surface area contributed by atoms with E-state index in [1.165, 1.54) is 34.2 Å². The zero-order valence-electron chi connectivity index (χ0n) is 30.2.